The van der Waals surface area contributed by atoms with Gasteiger partial charge in [0.15, 0.2) is 0 Å². The number of allylic oxidation sites excluding steroid dienone is 1. The molecule has 2 atom stereocenters. The molecule has 0 saturated heterocycles. The molecule has 1 heteroatoms. The van der Waals surface area contributed by atoms with Crippen molar-refractivity contribution in [2.45, 2.75) is 64.8 Å². The van der Waals surface area contributed by atoms with E-state index >= 15 is 0 Å². The molecular weight excluding hydrogens is 206 g/mol. The zero-order valence-electron chi connectivity index (χ0n) is 11.7. The van der Waals surface area contributed by atoms with Crippen molar-refractivity contribution in [3.05, 3.63) is 12.2 Å². The van der Waals surface area contributed by atoms with Crippen LogP contribution in [0.1, 0.15) is 59.3 Å². The second-order valence-electron chi connectivity index (χ2n) is 7.86. The molecule has 96 valence electrons. The second kappa shape index (κ2) is 3.60. The lowest BCUT2D eigenvalue weighted by Crippen LogP contribution is -2.64. The summed E-state index contributed by atoms with van der Waals surface area (Å²) in [4.78, 5) is 0. The average molecular weight is 233 g/mol. The Kier molecular flexibility index (Phi) is 2.49. The van der Waals surface area contributed by atoms with E-state index in [1.54, 1.807) is 0 Å². The summed E-state index contributed by atoms with van der Waals surface area (Å²) in [7, 11) is 0. The van der Waals surface area contributed by atoms with E-state index in [0.717, 1.165) is 12.5 Å². The highest BCUT2D eigenvalue weighted by Crippen LogP contribution is 2.66. The summed E-state index contributed by atoms with van der Waals surface area (Å²) in [6, 6.07) is 0. The van der Waals surface area contributed by atoms with Crippen LogP contribution in [-0.4, -0.2) is 12.1 Å². The van der Waals surface area contributed by atoms with Crippen LogP contribution >= 0.6 is 0 Å². The van der Waals surface area contributed by atoms with Crippen LogP contribution in [0.25, 0.3) is 0 Å². The summed E-state index contributed by atoms with van der Waals surface area (Å²) in [6.07, 6.45) is 13.2. The topological polar surface area (TPSA) is 12.0 Å². The molecule has 17 heavy (non-hydrogen) atoms. The van der Waals surface area contributed by atoms with Crippen LogP contribution in [0.15, 0.2) is 12.2 Å². The van der Waals surface area contributed by atoms with E-state index in [2.05, 4.69) is 38.2 Å². The zero-order chi connectivity index (χ0) is 12.1. The molecule has 0 spiro atoms. The van der Waals surface area contributed by atoms with Crippen molar-refractivity contribution in [3.63, 3.8) is 0 Å². The molecule has 0 aromatic carbocycles. The Balaban J connectivity index is 1.82. The SMILES string of the molecule is C/C=C/CNC12CC3CC(C)(CC(C)(C3)C1)C2. The summed E-state index contributed by atoms with van der Waals surface area (Å²) < 4.78 is 0. The third-order valence-corrected chi connectivity index (χ3v) is 5.46. The van der Waals surface area contributed by atoms with Gasteiger partial charge in [0.1, 0.15) is 0 Å². The molecule has 4 saturated carbocycles. The molecule has 0 aromatic rings. The molecule has 2 unspecified atom stereocenters. The molecule has 1 N–H and O–H groups in total. The van der Waals surface area contributed by atoms with Crippen molar-refractivity contribution in [3.8, 4) is 0 Å². The maximum absolute atomic E-state index is 3.89. The molecule has 1 nitrogen and oxygen atoms in total. The van der Waals surface area contributed by atoms with Crippen molar-refractivity contribution in [1.82, 2.24) is 5.32 Å². The standard InChI is InChI=1S/C16H27N/c1-4-5-6-17-16-9-13-7-14(2,11-16)10-15(3,8-13)12-16/h4-5,13,17H,6-12H2,1-3H3/b5-4+. The fourth-order valence-electron chi connectivity index (χ4n) is 6.04. The van der Waals surface area contributed by atoms with Crippen molar-refractivity contribution in [1.29, 1.82) is 0 Å². The third-order valence-electron chi connectivity index (χ3n) is 5.46. The van der Waals surface area contributed by atoms with Crippen molar-refractivity contribution >= 4 is 0 Å². The fourth-order valence-corrected chi connectivity index (χ4v) is 6.04. The van der Waals surface area contributed by atoms with Gasteiger partial charge in [0, 0.05) is 12.1 Å². The Labute approximate surface area is 106 Å². The molecular formula is C16H27N. The van der Waals surface area contributed by atoms with Crippen LogP contribution in [0.3, 0.4) is 0 Å². The van der Waals surface area contributed by atoms with E-state index in [-0.39, 0.29) is 0 Å². The molecule has 4 fully saturated rings. The van der Waals surface area contributed by atoms with Gasteiger partial charge in [-0.15, -0.1) is 0 Å². The quantitative estimate of drug-likeness (QED) is 0.729. The Hall–Kier alpha value is -0.300. The summed E-state index contributed by atoms with van der Waals surface area (Å²) >= 11 is 0. The van der Waals surface area contributed by atoms with Crippen molar-refractivity contribution < 1.29 is 0 Å². The van der Waals surface area contributed by atoms with Gasteiger partial charge < -0.3 is 5.32 Å². The average Bonchev–Trinajstić information content (AvgIpc) is 2.11. The van der Waals surface area contributed by atoms with Gasteiger partial charge in [-0.05, 0) is 62.2 Å². The first-order chi connectivity index (χ1) is 7.97. The van der Waals surface area contributed by atoms with E-state index in [1.165, 1.54) is 38.5 Å². The normalized spacial score (nSPS) is 52.5. The van der Waals surface area contributed by atoms with Crippen LogP contribution < -0.4 is 5.32 Å². The van der Waals surface area contributed by atoms with Crippen LogP contribution in [0.5, 0.6) is 0 Å². The van der Waals surface area contributed by atoms with Gasteiger partial charge in [-0.3, -0.25) is 0 Å². The Morgan fingerprint density at radius 1 is 1.06 bits per heavy atom. The van der Waals surface area contributed by atoms with Gasteiger partial charge in [0.05, 0.1) is 0 Å². The first kappa shape index (κ1) is 11.8. The lowest BCUT2D eigenvalue weighted by atomic mass is 9.43. The monoisotopic (exact) mass is 233 g/mol. The van der Waals surface area contributed by atoms with Crippen LogP contribution in [0, 0.1) is 16.7 Å². The minimum atomic E-state index is 0.475. The number of rotatable bonds is 3. The first-order valence-corrected chi connectivity index (χ1v) is 7.33. The maximum Gasteiger partial charge on any atom is 0.0197 e. The van der Waals surface area contributed by atoms with Gasteiger partial charge in [-0.1, -0.05) is 26.0 Å². The smallest absolute Gasteiger partial charge is 0.0197 e. The van der Waals surface area contributed by atoms with Crippen LogP contribution in [0.2, 0.25) is 0 Å². The van der Waals surface area contributed by atoms with Gasteiger partial charge in [0.2, 0.25) is 0 Å². The summed E-state index contributed by atoms with van der Waals surface area (Å²) in [5.74, 6) is 0.999. The summed E-state index contributed by atoms with van der Waals surface area (Å²) in [6.45, 7) is 8.27. The van der Waals surface area contributed by atoms with Crippen molar-refractivity contribution in [2.24, 2.45) is 16.7 Å². The molecule has 0 radical (unpaired) electrons. The lowest BCUT2D eigenvalue weighted by molar-refractivity contribution is -0.116. The van der Waals surface area contributed by atoms with E-state index in [9.17, 15) is 0 Å². The number of nitrogens with one attached hydrogen (secondary N) is 1. The maximum atomic E-state index is 3.89. The highest BCUT2D eigenvalue weighted by Gasteiger charge is 2.59. The molecule has 4 aliphatic rings. The number of hydrogen-bond acceptors (Lipinski definition) is 1. The highest BCUT2D eigenvalue weighted by atomic mass is 15.0. The summed E-state index contributed by atoms with van der Waals surface area (Å²) in [5, 5.41) is 3.89. The van der Waals surface area contributed by atoms with E-state index in [4.69, 9.17) is 0 Å². The molecule has 4 rings (SSSR count). The largest absolute Gasteiger partial charge is 0.308 e. The van der Waals surface area contributed by atoms with Gasteiger partial charge >= 0.3 is 0 Å². The Morgan fingerprint density at radius 3 is 2.24 bits per heavy atom. The minimum absolute atomic E-state index is 0.475. The lowest BCUT2D eigenvalue weighted by Gasteiger charge is -2.65. The van der Waals surface area contributed by atoms with Gasteiger partial charge in [0.25, 0.3) is 0 Å². The molecule has 4 bridgehead atoms. The first-order valence-electron chi connectivity index (χ1n) is 7.33. The molecule has 0 amide bonds. The summed E-state index contributed by atoms with van der Waals surface area (Å²) in [5.41, 5.74) is 1.75. The van der Waals surface area contributed by atoms with Gasteiger partial charge in [-0.25, -0.2) is 0 Å². The molecule has 4 aliphatic carbocycles. The zero-order valence-corrected chi connectivity index (χ0v) is 11.7. The highest BCUT2D eigenvalue weighted by molar-refractivity contribution is 5.14. The number of hydrogen-bond donors (Lipinski definition) is 1. The molecule has 0 aromatic heterocycles. The minimum Gasteiger partial charge on any atom is -0.308 e. The molecule has 0 heterocycles. The van der Waals surface area contributed by atoms with Crippen molar-refractivity contribution in [2.75, 3.05) is 6.54 Å². The van der Waals surface area contributed by atoms with Crippen LogP contribution in [0.4, 0.5) is 0 Å². The predicted octanol–water partition coefficient (Wildman–Crippen LogP) is 3.90. The second-order valence-corrected chi connectivity index (χ2v) is 7.86. The molecule has 0 aliphatic heterocycles. The van der Waals surface area contributed by atoms with Gasteiger partial charge in [-0.2, -0.15) is 0 Å². The van der Waals surface area contributed by atoms with E-state index in [0.29, 0.717) is 16.4 Å². The van der Waals surface area contributed by atoms with E-state index < -0.39 is 0 Å². The fraction of sp³-hybridized carbons (Fsp3) is 0.875. The Morgan fingerprint density at radius 2 is 1.71 bits per heavy atom. The van der Waals surface area contributed by atoms with Crippen LogP contribution in [-0.2, 0) is 0 Å². The Bertz CT molecular complexity index is 325. The van der Waals surface area contributed by atoms with E-state index in [1.807, 2.05) is 0 Å². The predicted molar refractivity (Wildman–Crippen MR) is 73.0 cm³/mol. The third kappa shape index (κ3) is 1.97.